The first-order chi connectivity index (χ1) is 15.4. The van der Waals surface area contributed by atoms with Gasteiger partial charge < -0.3 is 9.80 Å². The number of hydrogen-bond acceptors (Lipinski definition) is 6. The number of anilines is 1. The third-order valence-corrected chi connectivity index (χ3v) is 8.01. The summed E-state index contributed by atoms with van der Waals surface area (Å²) >= 11 is 0. The first-order valence-corrected chi connectivity index (χ1v) is 12.1. The van der Waals surface area contributed by atoms with Gasteiger partial charge in [0.1, 0.15) is 0 Å². The molecular formula is C22H26N4O5S. The lowest BCUT2D eigenvalue weighted by Gasteiger charge is -2.39. The third-order valence-electron chi connectivity index (χ3n) is 6.13. The van der Waals surface area contributed by atoms with Crippen LogP contribution in [0.15, 0.2) is 59.5 Å². The van der Waals surface area contributed by atoms with E-state index in [0.29, 0.717) is 32.5 Å². The summed E-state index contributed by atoms with van der Waals surface area (Å²) in [5, 5.41) is 10.8. The minimum atomic E-state index is -3.81. The van der Waals surface area contributed by atoms with E-state index in [1.807, 2.05) is 23.1 Å². The SMILES string of the molecule is O=C(C1CCCN(S(=O)(=O)c2ccc([N+](=O)[O-])cc2)C1)N1CCN(c2ccccc2)CC1. The van der Waals surface area contributed by atoms with E-state index in [1.165, 1.54) is 28.6 Å². The molecule has 2 aliphatic rings. The smallest absolute Gasteiger partial charge is 0.269 e. The highest BCUT2D eigenvalue weighted by Gasteiger charge is 2.36. The second kappa shape index (κ2) is 9.25. The number of hydrogen-bond donors (Lipinski definition) is 0. The molecule has 0 spiro atoms. The monoisotopic (exact) mass is 458 g/mol. The van der Waals surface area contributed by atoms with E-state index in [1.54, 1.807) is 0 Å². The fourth-order valence-electron chi connectivity index (χ4n) is 4.33. The number of rotatable bonds is 5. The molecule has 2 aliphatic heterocycles. The van der Waals surface area contributed by atoms with Crippen molar-refractivity contribution in [3.05, 3.63) is 64.7 Å². The van der Waals surface area contributed by atoms with Gasteiger partial charge in [-0.25, -0.2) is 8.42 Å². The number of piperazine rings is 1. The first-order valence-electron chi connectivity index (χ1n) is 10.7. The molecule has 1 amide bonds. The predicted octanol–water partition coefficient (Wildman–Crippen LogP) is 2.34. The molecule has 0 N–H and O–H groups in total. The Morgan fingerprint density at radius 2 is 1.59 bits per heavy atom. The van der Waals surface area contributed by atoms with Crippen LogP contribution in [0, 0.1) is 16.0 Å². The molecule has 0 aromatic heterocycles. The van der Waals surface area contributed by atoms with Crippen molar-refractivity contribution in [2.75, 3.05) is 44.2 Å². The summed E-state index contributed by atoms with van der Waals surface area (Å²) < 4.78 is 27.4. The molecule has 1 unspecified atom stereocenters. The molecule has 4 rings (SSSR count). The summed E-state index contributed by atoms with van der Waals surface area (Å²) in [5.74, 6) is -0.374. The van der Waals surface area contributed by atoms with Crippen LogP contribution in [-0.4, -0.2) is 67.7 Å². The number of para-hydroxylation sites is 1. The van der Waals surface area contributed by atoms with Crippen LogP contribution in [0.5, 0.6) is 0 Å². The number of benzene rings is 2. The predicted molar refractivity (Wildman–Crippen MR) is 120 cm³/mol. The molecule has 2 aromatic rings. The molecule has 2 fully saturated rings. The number of piperidine rings is 1. The summed E-state index contributed by atoms with van der Waals surface area (Å²) in [6, 6.07) is 15.0. The quantitative estimate of drug-likeness (QED) is 0.503. The zero-order valence-corrected chi connectivity index (χ0v) is 18.5. The maximum Gasteiger partial charge on any atom is 0.269 e. The summed E-state index contributed by atoms with van der Waals surface area (Å²) in [6.45, 7) is 3.18. The summed E-state index contributed by atoms with van der Waals surface area (Å²) in [6.07, 6.45) is 1.26. The van der Waals surface area contributed by atoms with E-state index in [-0.39, 0.29) is 29.0 Å². The number of nitrogens with zero attached hydrogens (tertiary/aromatic N) is 4. The van der Waals surface area contributed by atoms with Gasteiger partial charge in [0.2, 0.25) is 15.9 Å². The Kier molecular flexibility index (Phi) is 6.43. The Morgan fingerprint density at radius 1 is 0.938 bits per heavy atom. The standard InChI is InChI=1S/C22H26N4O5S/c27-22(24-15-13-23(14-16-24)19-6-2-1-3-7-19)18-5-4-12-25(17-18)32(30,31)21-10-8-20(9-11-21)26(28)29/h1-3,6-11,18H,4-5,12-17H2. The van der Waals surface area contributed by atoms with Gasteiger partial charge in [-0.2, -0.15) is 4.31 Å². The van der Waals surface area contributed by atoms with Crippen molar-refractivity contribution in [3.63, 3.8) is 0 Å². The minimum Gasteiger partial charge on any atom is -0.368 e. The number of nitro benzene ring substituents is 1. The topological polar surface area (TPSA) is 104 Å². The van der Waals surface area contributed by atoms with E-state index in [2.05, 4.69) is 17.0 Å². The van der Waals surface area contributed by atoms with Gasteiger partial charge in [0.15, 0.2) is 0 Å². The maximum atomic E-state index is 13.1. The molecule has 2 aromatic carbocycles. The average molecular weight is 459 g/mol. The van der Waals surface area contributed by atoms with Crippen LogP contribution in [0.25, 0.3) is 0 Å². The van der Waals surface area contributed by atoms with Gasteiger partial charge in [-0.05, 0) is 37.1 Å². The van der Waals surface area contributed by atoms with Crippen LogP contribution >= 0.6 is 0 Å². The Balaban J connectivity index is 1.39. The van der Waals surface area contributed by atoms with Crippen molar-refractivity contribution in [2.45, 2.75) is 17.7 Å². The lowest BCUT2D eigenvalue weighted by molar-refractivity contribution is -0.384. The summed E-state index contributed by atoms with van der Waals surface area (Å²) in [7, 11) is -3.81. The van der Waals surface area contributed by atoms with E-state index in [0.717, 1.165) is 18.8 Å². The van der Waals surface area contributed by atoms with Crippen LogP contribution < -0.4 is 4.90 Å². The van der Waals surface area contributed by atoms with Gasteiger partial charge in [0.05, 0.1) is 15.7 Å². The molecule has 0 radical (unpaired) electrons. The number of nitro groups is 1. The molecule has 0 saturated carbocycles. The molecule has 32 heavy (non-hydrogen) atoms. The largest absolute Gasteiger partial charge is 0.368 e. The van der Waals surface area contributed by atoms with E-state index < -0.39 is 14.9 Å². The normalized spacial score (nSPS) is 20.2. The minimum absolute atomic E-state index is 0.00121. The molecule has 0 aliphatic carbocycles. The van der Waals surface area contributed by atoms with Gasteiger partial charge >= 0.3 is 0 Å². The maximum absolute atomic E-state index is 13.1. The van der Waals surface area contributed by atoms with Gasteiger partial charge in [0, 0.05) is 57.1 Å². The highest BCUT2D eigenvalue weighted by molar-refractivity contribution is 7.89. The van der Waals surface area contributed by atoms with Crippen LogP contribution in [0.4, 0.5) is 11.4 Å². The van der Waals surface area contributed by atoms with Crippen LogP contribution in [0.2, 0.25) is 0 Å². The Bertz CT molecular complexity index is 1070. The number of sulfonamides is 1. The number of carbonyl (C=O) groups excluding carboxylic acids is 1. The molecule has 2 saturated heterocycles. The first kappa shape index (κ1) is 22.2. The zero-order chi connectivity index (χ0) is 22.7. The van der Waals surface area contributed by atoms with E-state index in [4.69, 9.17) is 0 Å². The van der Waals surface area contributed by atoms with Crippen molar-refractivity contribution < 1.29 is 18.1 Å². The van der Waals surface area contributed by atoms with Crippen molar-refractivity contribution in [1.82, 2.24) is 9.21 Å². The van der Waals surface area contributed by atoms with Gasteiger partial charge in [0.25, 0.3) is 5.69 Å². The molecule has 170 valence electrons. The lowest BCUT2D eigenvalue weighted by atomic mass is 9.97. The van der Waals surface area contributed by atoms with E-state index >= 15 is 0 Å². The van der Waals surface area contributed by atoms with E-state index in [9.17, 15) is 23.3 Å². The highest BCUT2D eigenvalue weighted by Crippen LogP contribution is 2.27. The highest BCUT2D eigenvalue weighted by atomic mass is 32.2. The number of non-ortho nitro benzene ring substituents is 1. The Morgan fingerprint density at radius 3 is 2.22 bits per heavy atom. The molecule has 1 atom stereocenters. The number of carbonyl (C=O) groups is 1. The second-order valence-corrected chi connectivity index (χ2v) is 10.0. The van der Waals surface area contributed by atoms with Crippen molar-refractivity contribution in [3.8, 4) is 0 Å². The lowest BCUT2D eigenvalue weighted by Crippen LogP contribution is -2.53. The fourth-order valence-corrected chi connectivity index (χ4v) is 5.86. The molecule has 10 heteroatoms. The fraction of sp³-hybridized carbons (Fsp3) is 0.409. The molecule has 9 nitrogen and oxygen atoms in total. The van der Waals surface area contributed by atoms with Crippen molar-refractivity contribution in [1.29, 1.82) is 0 Å². The van der Waals surface area contributed by atoms with Crippen molar-refractivity contribution >= 4 is 27.3 Å². The Hall–Kier alpha value is -2.98. The van der Waals surface area contributed by atoms with Crippen LogP contribution in [-0.2, 0) is 14.8 Å². The Labute approximate surface area is 187 Å². The average Bonchev–Trinajstić information content (AvgIpc) is 2.84. The molecular weight excluding hydrogens is 432 g/mol. The van der Waals surface area contributed by atoms with Crippen LogP contribution in [0.3, 0.4) is 0 Å². The van der Waals surface area contributed by atoms with Gasteiger partial charge in [-0.15, -0.1) is 0 Å². The van der Waals surface area contributed by atoms with Gasteiger partial charge in [-0.1, -0.05) is 18.2 Å². The molecule has 0 bridgehead atoms. The third kappa shape index (κ3) is 4.61. The van der Waals surface area contributed by atoms with Gasteiger partial charge in [-0.3, -0.25) is 14.9 Å². The zero-order valence-electron chi connectivity index (χ0n) is 17.7. The van der Waals surface area contributed by atoms with Crippen LogP contribution in [0.1, 0.15) is 12.8 Å². The van der Waals surface area contributed by atoms with Crippen molar-refractivity contribution in [2.24, 2.45) is 5.92 Å². The molecule has 2 heterocycles. The summed E-state index contributed by atoms with van der Waals surface area (Å²) in [5.41, 5.74) is 0.975. The summed E-state index contributed by atoms with van der Waals surface area (Å²) in [4.78, 5) is 27.5. The second-order valence-electron chi connectivity index (χ2n) is 8.10. The number of amides is 1.